The molecule has 0 radical (unpaired) electrons. The lowest BCUT2D eigenvalue weighted by atomic mass is 9.89. The van der Waals surface area contributed by atoms with Gasteiger partial charge in [0, 0.05) is 34.4 Å². The Kier molecular flexibility index (Phi) is 4.09. The summed E-state index contributed by atoms with van der Waals surface area (Å²) in [6, 6.07) is 8.25. The van der Waals surface area contributed by atoms with Gasteiger partial charge in [-0.3, -0.25) is 4.98 Å². The molecule has 0 aliphatic rings. The lowest BCUT2D eigenvalue weighted by Gasteiger charge is -2.21. The Morgan fingerprint density at radius 3 is 2.56 bits per heavy atom. The molecule has 2 N–H and O–H groups in total. The average molecular weight is 309 g/mol. The first-order valence-corrected chi connectivity index (χ1v) is 6.49. The van der Waals surface area contributed by atoms with Crippen LogP contribution in [-0.4, -0.2) is 4.98 Å². The van der Waals surface area contributed by atoms with Gasteiger partial charge in [-0.15, -0.1) is 0 Å². The molecule has 1 heterocycles. The highest BCUT2D eigenvalue weighted by atomic mass is 79.9. The molecule has 18 heavy (non-hydrogen) atoms. The van der Waals surface area contributed by atoms with Gasteiger partial charge >= 0.3 is 0 Å². The molecule has 0 bridgehead atoms. The van der Waals surface area contributed by atoms with Gasteiger partial charge in [-0.2, -0.15) is 0 Å². The fourth-order valence-electron chi connectivity index (χ4n) is 1.91. The molecule has 0 saturated carbocycles. The normalized spacial score (nSPS) is 14.2. The first kappa shape index (κ1) is 13.2. The summed E-state index contributed by atoms with van der Waals surface area (Å²) in [4.78, 5) is 3.97. The second-order valence-electron chi connectivity index (χ2n) is 4.26. The predicted octanol–water partition coefficient (Wildman–Crippen LogP) is 3.79. The van der Waals surface area contributed by atoms with Crippen LogP contribution < -0.4 is 5.73 Å². The van der Waals surface area contributed by atoms with Crippen LogP contribution in [0.1, 0.15) is 30.0 Å². The van der Waals surface area contributed by atoms with E-state index in [4.69, 9.17) is 5.73 Å². The van der Waals surface area contributed by atoms with E-state index in [9.17, 15) is 4.39 Å². The third kappa shape index (κ3) is 2.76. The summed E-state index contributed by atoms with van der Waals surface area (Å²) in [5, 5.41) is 0. The minimum Gasteiger partial charge on any atom is -0.323 e. The largest absolute Gasteiger partial charge is 0.323 e. The summed E-state index contributed by atoms with van der Waals surface area (Å²) < 4.78 is 14.6. The quantitative estimate of drug-likeness (QED) is 0.937. The van der Waals surface area contributed by atoms with Gasteiger partial charge in [-0.25, -0.2) is 4.39 Å². The Morgan fingerprint density at radius 1 is 1.22 bits per heavy atom. The number of hydrogen-bond acceptors (Lipinski definition) is 2. The molecule has 2 atom stereocenters. The maximum atomic E-state index is 13.8. The Hall–Kier alpha value is -1.26. The van der Waals surface area contributed by atoms with Gasteiger partial charge in [-0.1, -0.05) is 22.9 Å². The minimum absolute atomic E-state index is 0.0248. The molecule has 2 nitrogen and oxygen atoms in total. The van der Waals surface area contributed by atoms with Crippen LogP contribution in [0.5, 0.6) is 0 Å². The molecule has 2 unspecified atom stereocenters. The fraction of sp³-hybridized carbons (Fsp3) is 0.214. The van der Waals surface area contributed by atoms with E-state index in [0.717, 1.165) is 10.0 Å². The topological polar surface area (TPSA) is 38.9 Å². The van der Waals surface area contributed by atoms with Crippen LogP contribution in [0, 0.1) is 5.82 Å². The van der Waals surface area contributed by atoms with E-state index in [-0.39, 0.29) is 17.8 Å². The van der Waals surface area contributed by atoms with Crippen molar-refractivity contribution in [2.45, 2.75) is 18.9 Å². The number of rotatable bonds is 3. The lowest BCUT2D eigenvalue weighted by Crippen LogP contribution is -2.19. The first-order valence-electron chi connectivity index (χ1n) is 5.70. The molecule has 0 aliphatic carbocycles. The summed E-state index contributed by atoms with van der Waals surface area (Å²) >= 11 is 3.34. The minimum atomic E-state index is -0.384. The van der Waals surface area contributed by atoms with Crippen LogP contribution in [0.4, 0.5) is 4.39 Å². The van der Waals surface area contributed by atoms with Crippen molar-refractivity contribution in [2.75, 3.05) is 0 Å². The van der Waals surface area contributed by atoms with Crippen LogP contribution in [0.25, 0.3) is 0 Å². The Bertz CT molecular complexity index is 531. The first-order chi connectivity index (χ1) is 8.59. The molecule has 4 heteroatoms. The molecule has 1 aromatic heterocycles. The molecule has 0 fully saturated rings. The molecule has 0 saturated heterocycles. The lowest BCUT2D eigenvalue weighted by molar-refractivity contribution is 0.539. The van der Waals surface area contributed by atoms with E-state index in [1.165, 1.54) is 6.07 Å². The summed E-state index contributed by atoms with van der Waals surface area (Å²) in [5.41, 5.74) is 7.73. The van der Waals surface area contributed by atoms with E-state index >= 15 is 0 Å². The molecule has 94 valence electrons. The van der Waals surface area contributed by atoms with E-state index in [0.29, 0.717) is 5.56 Å². The Labute approximate surface area is 114 Å². The van der Waals surface area contributed by atoms with Gasteiger partial charge in [-0.05, 0) is 35.9 Å². The van der Waals surface area contributed by atoms with Gasteiger partial charge in [0.25, 0.3) is 0 Å². The smallest absolute Gasteiger partial charge is 0.128 e. The van der Waals surface area contributed by atoms with Crippen LogP contribution in [0.15, 0.2) is 47.2 Å². The highest BCUT2D eigenvalue weighted by Gasteiger charge is 2.20. The molecule has 1 aromatic carbocycles. The average Bonchev–Trinajstić information content (AvgIpc) is 2.41. The Balaban J connectivity index is 2.31. The van der Waals surface area contributed by atoms with Gasteiger partial charge in [0.1, 0.15) is 5.82 Å². The third-order valence-electron chi connectivity index (χ3n) is 3.09. The van der Waals surface area contributed by atoms with Crippen molar-refractivity contribution < 1.29 is 4.39 Å². The van der Waals surface area contributed by atoms with Gasteiger partial charge in [0.2, 0.25) is 0 Å². The van der Waals surface area contributed by atoms with Gasteiger partial charge in [0.05, 0.1) is 0 Å². The van der Waals surface area contributed by atoms with Crippen LogP contribution in [-0.2, 0) is 0 Å². The third-order valence-corrected chi connectivity index (χ3v) is 3.58. The molecular formula is C14H14BrFN2. The van der Waals surface area contributed by atoms with E-state index in [1.54, 1.807) is 24.5 Å². The summed E-state index contributed by atoms with van der Waals surface area (Å²) in [6.45, 7) is 1.99. The van der Waals surface area contributed by atoms with Gasteiger partial charge in [0.15, 0.2) is 0 Å². The Morgan fingerprint density at radius 2 is 1.89 bits per heavy atom. The van der Waals surface area contributed by atoms with Crippen molar-refractivity contribution in [2.24, 2.45) is 5.73 Å². The summed E-state index contributed by atoms with van der Waals surface area (Å²) in [6.07, 6.45) is 3.44. The van der Waals surface area contributed by atoms with Crippen molar-refractivity contribution in [3.8, 4) is 0 Å². The van der Waals surface area contributed by atoms with Crippen molar-refractivity contribution in [1.82, 2.24) is 4.98 Å². The van der Waals surface area contributed by atoms with E-state index < -0.39 is 0 Å². The maximum absolute atomic E-state index is 13.8. The van der Waals surface area contributed by atoms with Crippen LogP contribution in [0.2, 0.25) is 0 Å². The SMILES string of the molecule is CC(c1ccncc1)C(N)c1cc(Br)ccc1F. The van der Waals surface area contributed by atoms with Crippen molar-refractivity contribution in [3.63, 3.8) is 0 Å². The van der Waals surface area contributed by atoms with Crippen LogP contribution in [0.3, 0.4) is 0 Å². The molecule has 0 aliphatic heterocycles. The van der Waals surface area contributed by atoms with Crippen molar-refractivity contribution in [3.05, 3.63) is 64.1 Å². The number of pyridine rings is 1. The molecule has 0 amide bonds. The highest BCUT2D eigenvalue weighted by molar-refractivity contribution is 9.10. The fourth-order valence-corrected chi connectivity index (χ4v) is 2.29. The van der Waals surface area contributed by atoms with Crippen molar-refractivity contribution >= 4 is 15.9 Å². The standard InChI is InChI=1S/C14H14BrFN2/c1-9(10-4-6-18-7-5-10)14(17)12-8-11(15)2-3-13(12)16/h2-9,14H,17H2,1H3. The number of aromatic nitrogens is 1. The molecule has 2 rings (SSSR count). The summed E-state index contributed by atoms with van der Waals surface area (Å²) in [5.74, 6) is -0.247. The van der Waals surface area contributed by atoms with Gasteiger partial charge < -0.3 is 5.73 Å². The highest BCUT2D eigenvalue weighted by Crippen LogP contribution is 2.31. The number of nitrogens with zero attached hydrogens (tertiary/aromatic N) is 1. The van der Waals surface area contributed by atoms with Crippen LogP contribution >= 0.6 is 15.9 Å². The molecule has 2 aromatic rings. The zero-order valence-electron chi connectivity index (χ0n) is 9.98. The maximum Gasteiger partial charge on any atom is 0.128 e. The van der Waals surface area contributed by atoms with E-state index in [1.807, 2.05) is 19.1 Å². The number of halogens is 2. The zero-order chi connectivity index (χ0) is 13.1. The second kappa shape index (κ2) is 5.59. The molecule has 0 spiro atoms. The monoisotopic (exact) mass is 308 g/mol. The number of nitrogens with two attached hydrogens (primary N) is 1. The second-order valence-corrected chi connectivity index (χ2v) is 5.18. The van der Waals surface area contributed by atoms with E-state index in [2.05, 4.69) is 20.9 Å². The molecular weight excluding hydrogens is 295 g/mol. The predicted molar refractivity (Wildman–Crippen MR) is 73.7 cm³/mol. The number of hydrogen-bond donors (Lipinski definition) is 1. The zero-order valence-corrected chi connectivity index (χ0v) is 11.6. The summed E-state index contributed by atoms with van der Waals surface area (Å²) in [7, 11) is 0. The van der Waals surface area contributed by atoms with Crippen molar-refractivity contribution in [1.29, 1.82) is 0 Å². The number of benzene rings is 1.